The van der Waals surface area contributed by atoms with Crippen LogP contribution in [-0.2, 0) is 6.42 Å². The average molecular weight is 279 g/mol. The maximum absolute atomic E-state index is 11.6. The molecular weight excluding hydrogens is 254 g/mol. The van der Waals surface area contributed by atoms with Gasteiger partial charge in [-0.05, 0) is 44.2 Å². The monoisotopic (exact) mass is 279 g/mol. The Labute approximate surface area is 120 Å². The summed E-state index contributed by atoms with van der Waals surface area (Å²) >= 11 is 0. The predicted molar refractivity (Wildman–Crippen MR) is 79.5 cm³/mol. The Morgan fingerprint density at radius 2 is 2.10 bits per heavy atom. The Hall–Kier alpha value is -1.62. The maximum Gasteiger partial charge on any atom is 0.314 e. The number of urea groups is 1. The lowest BCUT2D eigenvalue weighted by molar-refractivity contribution is 0.163. The van der Waals surface area contributed by atoms with Gasteiger partial charge in [0.15, 0.2) is 0 Å². The highest BCUT2D eigenvalue weighted by Gasteiger charge is 2.07. The van der Waals surface area contributed by atoms with Crippen molar-refractivity contribution in [1.82, 2.24) is 15.6 Å². The van der Waals surface area contributed by atoms with Crippen LogP contribution in [0.2, 0.25) is 0 Å². The number of nitrogens with one attached hydrogen (secondary N) is 2. The van der Waals surface area contributed by atoms with Crippen LogP contribution >= 0.6 is 0 Å². The largest absolute Gasteiger partial charge is 0.393 e. The van der Waals surface area contributed by atoms with Crippen molar-refractivity contribution in [1.29, 1.82) is 0 Å². The van der Waals surface area contributed by atoms with Crippen molar-refractivity contribution in [3.8, 4) is 0 Å². The number of aromatic nitrogens is 1. The minimum absolute atomic E-state index is 0.164. The Bertz CT molecular complexity index is 404. The highest BCUT2D eigenvalue weighted by molar-refractivity contribution is 5.73. The smallest absolute Gasteiger partial charge is 0.314 e. The molecule has 1 aromatic rings. The third-order valence-corrected chi connectivity index (χ3v) is 3.03. The molecule has 5 nitrogen and oxygen atoms in total. The molecule has 0 aliphatic rings. The molecule has 1 heterocycles. The van der Waals surface area contributed by atoms with Crippen molar-refractivity contribution in [3.63, 3.8) is 0 Å². The van der Waals surface area contributed by atoms with Gasteiger partial charge in [0.05, 0.1) is 6.10 Å². The molecule has 3 N–H and O–H groups in total. The van der Waals surface area contributed by atoms with Crippen LogP contribution in [0.1, 0.15) is 31.5 Å². The topological polar surface area (TPSA) is 74.2 Å². The first-order chi connectivity index (χ1) is 9.47. The molecule has 0 fully saturated rings. The molecule has 0 aliphatic carbocycles. The van der Waals surface area contributed by atoms with Gasteiger partial charge in [0, 0.05) is 25.0 Å². The number of rotatable bonds is 7. The van der Waals surface area contributed by atoms with Crippen molar-refractivity contribution < 1.29 is 9.90 Å². The fourth-order valence-electron chi connectivity index (χ4n) is 1.96. The van der Waals surface area contributed by atoms with E-state index in [1.807, 2.05) is 32.2 Å². The normalized spacial score (nSPS) is 13.6. The van der Waals surface area contributed by atoms with Crippen molar-refractivity contribution in [2.45, 2.75) is 39.7 Å². The number of carbonyl (C=O) groups is 1. The summed E-state index contributed by atoms with van der Waals surface area (Å²) in [6.45, 7) is 6.87. The molecule has 20 heavy (non-hydrogen) atoms. The number of aliphatic hydroxyl groups excluding tert-OH is 1. The molecule has 0 saturated heterocycles. The van der Waals surface area contributed by atoms with E-state index in [0.29, 0.717) is 19.5 Å². The summed E-state index contributed by atoms with van der Waals surface area (Å²) in [5.41, 5.74) is 2.10. The minimum atomic E-state index is -0.330. The fraction of sp³-hybridized carbons (Fsp3) is 0.600. The summed E-state index contributed by atoms with van der Waals surface area (Å²) in [4.78, 5) is 15.8. The van der Waals surface area contributed by atoms with Crippen LogP contribution in [0.15, 0.2) is 18.3 Å². The van der Waals surface area contributed by atoms with E-state index in [2.05, 4.69) is 15.6 Å². The van der Waals surface area contributed by atoms with Crippen LogP contribution < -0.4 is 10.6 Å². The van der Waals surface area contributed by atoms with E-state index in [9.17, 15) is 9.90 Å². The minimum Gasteiger partial charge on any atom is -0.393 e. The van der Waals surface area contributed by atoms with E-state index in [1.165, 1.54) is 0 Å². The van der Waals surface area contributed by atoms with E-state index >= 15 is 0 Å². The quantitative estimate of drug-likeness (QED) is 0.710. The van der Waals surface area contributed by atoms with Crippen molar-refractivity contribution in [2.75, 3.05) is 13.1 Å². The number of hydrogen-bond donors (Lipinski definition) is 3. The van der Waals surface area contributed by atoms with Crippen molar-refractivity contribution in [2.24, 2.45) is 5.92 Å². The molecule has 0 radical (unpaired) electrons. The van der Waals surface area contributed by atoms with Crippen LogP contribution in [0.25, 0.3) is 0 Å². The lowest BCUT2D eigenvalue weighted by Crippen LogP contribution is -2.39. The number of aliphatic hydroxyl groups is 1. The second-order valence-corrected chi connectivity index (χ2v) is 5.38. The van der Waals surface area contributed by atoms with Gasteiger partial charge in [0.1, 0.15) is 0 Å². The molecule has 0 bridgehead atoms. The van der Waals surface area contributed by atoms with Crippen LogP contribution in [-0.4, -0.2) is 35.3 Å². The van der Waals surface area contributed by atoms with Crippen molar-refractivity contribution >= 4 is 6.03 Å². The molecule has 112 valence electrons. The SMILES string of the molecule is Cc1ccc(CCNC(=O)NCC(C)CC(C)O)cn1. The molecule has 2 unspecified atom stereocenters. The third kappa shape index (κ3) is 7.09. The number of pyridine rings is 1. The Morgan fingerprint density at radius 3 is 2.70 bits per heavy atom. The van der Waals surface area contributed by atoms with E-state index < -0.39 is 0 Å². The summed E-state index contributed by atoms with van der Waals surface area (Å²) in [6, 6.07) is 3.82. The predicted octanol–water partition coefficient (Wildman–Crippen LogP) is 1.64. The van der Waals surface area contributed by atoms with E-state index in [-0.39, 0.29) is 18.1 Å². The lowest BCUT2D eigenvalue weighted by Gasteiger charge is -2.14. The molecule has 0 aromatic carbocycles. The van der Waals surface area contributed by atoms with Gasteiger partial charge < -0.3 is 15.7 Å². The zero-order valence-corrected chi connectivity index (χ0v) is 12.5. The van der Waals surface area contributed by atoms with Crippen LogP contribution in [0, 0.1) is 12.8 Å². The van der Waals surface area contributed by atoms with Crippen LogP contribution in [0.3, 0.4) is 0 Å². The van der Waals surface area contributed by atoms with Gasteiger partial charge in [-0.2, -0.15) is 0 Å². The van der Waals surface area contributed by atoms with Crippen molar-refractivity contribution in [3.05, 3.63) is 29.6 Å². The summed E-state index contributed by atoms with van der Waals surface area (Å²) in [5.74, 6) is 0.266. The number of nitrogens with zero attached hydrogens (tertiary/aromatic N) is 1. The third-order valence-electron chi connectivity index (χ3n) is 3.03. The molecule has 1 aromatic heterocycles. The Balaban J connectivity index is 2.15. The van der Waals surface area contributed by atoms with Crippen LogP contribution in [0.5, 0.6) is 0 Å². The van der Waals surface area contributed by atoms with Gasteiger partial charge in [0.25, 0.3) is 0 Å². The Kier molecular flexibility index (Phi) is 7.01. The number of hydrogen-bond acceptors (Lipinski definition) is 3. The summed E-state index contributed by atoms with van der Waals surface area (Å²) in [7, 11) is 0. The van der Waals surface area contributed by atoms with E-state index in [0.717, 1.165) is 17.7 Å². The van der Waals surface area contributed by atoms with Gasteiger partial charge >= 0.3 is 6.03 Å². The summed E-state index contributed by atoms with van der Waals surface area (Å²) in [6.07, 6.45) is 2.96. The van der Waals surface area contributed by atoms with Gasteiger partial charge in [-0.3, -0.25) is 4.98 Å². The second kappa shape index (κ2) is 8.53. The zero-order valence-electron chi connectivity index (χ0n) is 12.5. The van der Waals surface area contributed by atoms with Gasteiger partial charge in [-0.25, -0.2) is 4.79 Å². The molecular formula is C15H25N3O2. The van der Waals surface area contributed by atoms with Gasteiger partial charge in [0.2, 0.25) is 0 Å². The molecule has 0 saturated carbocycles. The first-order valence-electron chi connectivity index (χ1n) is 7.08. The Morgan fingerprint density at radius 1 is 1.35 bits per heavy atom. The van der Waals surface area contributed by atoms with E-state index in [4.69, 9.17) is 0 Å². The summed E-state index contributed by atoms with van der Waals surface area (Å²) in [5, 5.41) is 14.9. The highest BCUT2D eigenvalue weighted by Crippen LogP contribution is 2.03. The maximum atomic E-state index is 11.6. The first-order valence-corrected chi connectivity index (χ1v) is 7.08. The van der Waals surface area contributed by atoms with E-state index in [1.54, 1.807) is 6.92 Å². The number of amides is 2. The molecule has 0 aliphatic heterocycles. The average Bonchev–Trinajstić information content (AvgIpc) is 2.38. The van der Waals surface area contributed by atoms with Gasteiger partial charge in [-0.1, -0.05) is 13.0 Å². The molecule has 2 atom stereocenters. The van der Waals surface area contributed by atoms with Gasteiger partial charge in [-0.15, -0.1) is 0 Å². The molecule has 2 amide bonds. The number of aryl methyl sites for hydroxylation is 1. The standard InChI is InChI=1S/C15H25N3O2/c1-11(8-13(3)19)9-18-15(20)16-7-6-14-5-4-12(2)17-10-14/h4-5,10-11,13,19H,6-9H2,1-3H3,(H2,16,18,20). The highest BCUT2D eigenvalue weighted by atomic mass is 16.3. The zero-order chi connectivity index (χ0) is 15.0. The molecule has 5 heteroatoms. The van der Waals surface area contributed by atoms with Crippen LogP contribution in [0.4, 0.5) is 4.79 Å². The lowest BCUT2D eigenvalue weighted by atomic mass is 10.1. The molecule has 0 spiro atoms. The molecule has 1 rings (SSSR count). The number of carbonyl (C=O) groups excluding carboxylic acids is 1. The second-order valence-electron chi connectivity index (χ2n) is 5.38. The first kappa shape index (κ1) is 16.4. The summed E-state index contributed by atoms with van der Waals surface area (Å²) < 4.78 is 0. The fourth-order valence-corrected chi connectivity index (χ4v) is 1.96.